The van der Waals surface area contributed by atoms with Crippen LogP contribution in [0.5, 0.6) is 0 Å². The average molecular weight is 197 g/mol. The van der Waals surface area contributed by atoms with Gasteiger partial charge in [0.2, 0.25) is 0 Å². The Labute approximate surface area is 91.9 Å². The SMILES string of the molecule is CCC(C)(C)c1[c]c2ccccc2cc1. The van der Waals surface area contributed by atoms with Crippen molar-refractivity contribution in [2.45, 2.75) is 32.6 Å². The fraction of sp³-hybridized carbons (Fsp3) is 0.333. The predicted molar refractivity (Wildman–Crippen MR) is 66.1 cm³/mol. The lowest BCUT2D eigenvalue weighted by Gasteiger charge is -2.23. The Morgan fingerprint density at radius 2 is 1.80 bits per heavy atom. The molecule has 0 unspecified atom stereocenters. The maximum absolute atomic E-state index is 3.52. The molecule has 0 fully saturated rings. The summed E-state index contributed by atoms with van der Waals surface area (Å²) < 4.78 is 0. The molecule has 0 aliphatic rings. The molecule has 0 amide bonds. The Bertz CT molecular complexity index is 466. The Hall–Kier alpha value is -1.30. The molecule has 0 atom stereocenters. The summed E-state index contributed by atoms with van der Waals surface area (Å²) in [5.41, 5.74) is 1.54. The lowest BCUT2D eigenvalue weighted by atomic mass is 9.81. The van der Waals surface area contributed by atoms with Gasteiger partial charge >= 0.3 is 0 Å². The van der Waals surface area contributed by atoms with Crippen LogP contribution in [0, 0.1) is 6.07 Å². The maximum Gasteiger partial charge on any atom is -0.00586 e. The molecule has 0 bridgehead atoms. The van der Waals surface area contributed by atoms with Crippen LogP contribution in [0.4, 0.5) is 0 Å². The van der Waals surface area contributed by atoms with E-state index in [2.05, 4.69) is 63.2 Å². The Balaban J connectivity index is 2.56. The highest BCUT2D eigenvalue weighted by Gasteiger charge is 2.18. The van der Waals surface area contributed by atoms with Crippen molar-refractivity contribution in [3.05, 3.63) is 48.0 Å². The van der Waals surface area contributed by atoms with Gasteiger partial charge in [0, 0.05) is 0 Å². The van der Waals surface area contributed by atoms with Crippen LogP contribution in [0.15, 0.2) is 36.4 Å². The normalized spacial score (nSPS) is 11.9. The van der Waals surface area contributed by atoms with Gasteiger partial charge in [-0.2, -0.15) is 0 Å². The van der Waals surface area contributed by atoms with Gasteiger partial charge in [0.05, 0.1) is 0 Å². The van der Waals surface area contributed by atoms with Crippen molar-refractivity contribution < 1.29 is 0 Å². The Morgan fingerprint density at radius 1 is 1.07 bits per heavy atom. The molecule has 0 N–H and O–H groups in total. The van der Waals surface area contributed by atoms with Crippen molar-refractivity contribution in [3.63, 3.8) is 0 Å². The van der Waals surface area contributed by atoms with E-state index in [9.17, 15) is 0 Å². The number of hydrogen-bond donors (Lipinski definition) is 0. The summed E-state index contributed by atoms with van der Waals surface area (Å²) in [5, 5.41) is 2.49. The van der Waals surface area contributed by atoms with Crippen LogP contribution in [0.25, 0.3) is 10.8 Å². The van der Waals surface area contributed by atoms with Crippen molar-refractivity contribution in [2.24, 2.45) is 0 Å². The van der Waals surface area contributed by atoms with Crippen molar-refractivity contribution in [2.75, 3.05) is 0 Å². The zero-order valence-corrected chi connectivity index (χ0v) is 9.67. The first-order valence-electron chi connectivity index (χ1n) is 5.55. The third-order valence-electron chi connectivity index (χ3n) is 3.27. The second-order valence-electron chi connectivity index (χ2n) is 4.70. The first-order valence-corrected chi connectivity index (χ1v) is 5.55. The van der Waals surface area contributed by atoms with Crippen LogP contribution < -0.4 is 0 Å². The largest absolute Gasteiger partial charge is 0.0646 e. The quantitative estimate of drug-likeness (QED) is 0.672. The van der Waals surface area contributed by atoms with Crippen LogP contribution in [0.1, 0.15) is 32.8 Å². The summed E-state index contributed by atoms with van der Waals surface area (Å²) in [4.78, 5) is 0. The van der Waals surface area contributed by atoms with Gasteiger partial charge in [0.25, 0.3) is 0 Å². The monoisotopic (exact) mass is 197 g/mol. The number of benzene rings is 2. The molecule has 0 saturated heterocycles. The highest BCUT2D eigenvalue weighted by Crippen LogP contribution is 2.28. The molecule has 2 aromatic carbocycles. The lowest BCUT2D eigenvalue weighted by molar-refractivity contribution is 0.506. The molecule has 2 rings (SSSR count). The maximum atomic E-state index is 3.52. The minimum absolute atomic E-state index is 0.226. The summed E-state index contributed by atoms with van der Waals surface area (Å²) in [5.74, 6) is 0. The van der Waals surface area contributed by atoms with Crippen molar-refractivity contribution in [1.82, 2.24) is 0 Å². The summed E-state index contributed by atoms with van der Waals surface area (Å²) in [7, 11) is 0. The van der Waals surface area contributed by atoms with Gasteiger partial charge in [-0.3, -0.25) is 0 Å². The van der Waals surface area contributed by atoms with E-state index in [0.29, 0.717) is 0 Å². The standard InChI is InChI=1S/C15H17/c1-4-15(2,3)14-10-9-12-7-5-6-8-13(12)11-14/h5-10H,4H2,1-3H3. The summed E-state index contributed by atoms with van der Waals surface area (Å²) in [6.45, 7) is 6.77. The molecule has 0 aliphatic heterocycles. The fourth-order valence-electron chi connectivity index (χ4n) is 1.70. The number of fused-ring (bicyclic) bond motifs is 1. The average Bonchev–Trinajstić information content (AvgIpc) is 2.28. The van der Waals surface area contributed by atoms with E-state index in [1.165, 1.54) is 16.3 Å². The Morgan fingerprint density at radius 3 is 2.53 bits per heavy atom. The van der Waals surface area contributed by atoms with Crippen LogP contribution >= 0.6 is 0 Å². The molecular weight excluding hydrogens is 180 g/mol. The third kappa shape index (κ3) is 1.90. The third-order valence-corrected chi connectivity index (χ3v) is 3.27. The Kier molecular flexibility index (Phi) is 2.52. The van der Waals surface area contributed by atoms with Gasteiger partial charge < -0.3 is 0 Å². The second-order valence-corrected chi connectivity index (χ2v) is 4.70. The molecule has 77 valence electrons. The molecule has 0 saturated carbocycles. The molecule has 2 aromatic rings. The van der Waals surface area contributed by atoms with Gasteiger partial charge in [-0.15, -0.1) is 0 Å². The van der Waals surface area contributed by atoms with Crippen molar-refractivity contribution in [3.8, 4) is 0 Å². The highest BCUT2D eigenvalue weighted by molar-refractivity contribution is 5.82. The smallest absolute Gasteiger partial charge is 0.00586 e. The van der Waals surface area contributed by atoms with Gasteiger partial charge in [-0.1, -0.05) is 57.2 Å². The van der Waals surface area contributed by atoms with E-state index in [1.807, 2.05) is 0 Å². The minimum atomic E-state index is 0.226. The van der Waals surface area contributed by atoms with E-state index in [4.69, 9.17) is 0 Å². The van der Waals surface area contributed by atoms with Gasteiger partial charge in [0.15, 0.2) is 0 Å². The van der Waals surface area contributed by atoms with Crippen LogP contribution in [-0.2, 0) is 5.41 Å². The van der Waals surface area contributed by atoms with Crippen molar-refractivity contribution >= 4 is 10.8 Å². The molecule has 0 nitrogen and oxygen atoms in total. The molecule has 1 radical (unpaired) electrons. The zero-order valence-electron chi connectivity index (χ0n) is 9.67. The van der Waals surface area contributed by atoms with Gasteiger partial charge in [-0.05, 0) is 34.2 Å². The van der Waals surface area contributed by atoms with E-state index < -0.39 is 0 Å². The molecule has 0 spiro atoms. The number of hydrogen-bond acceptors (Lipinski definition) is 0. The van der Waals surface area contributed by atoms with Crippen LogP contribution in [0.3, 0.4) is 0 Å². The van der Waals surface area contributed by atoms with Crippen LogP contribution in [0.2, 0.25) is 0 Å². The molecule has 0 aromatic heterocycles. The summed E-state index contributed by atoms with van der Waals surface area (Å²) in [6, 6.07) is 16.3. The van der Waals surface area contributed by atoms with Gasteiger partial charge in [-0.25, -0.2) is 0 Å². The van der Waals surface area contributed by atoms with Crippen molar-refractivity contribution in [1.29, 1.82) is 0 Å². The van der Waals surface area contributed by atoms with Gasteiger partial charge in [0.1, 0.15) is 0 Å². The first kappa shape index (κ1) is 10.2. The zero-order chi connectivity index (χ0) is 10.9. The topological polar surface area (TPSA) is 0 Å². The van der Waals surface area contributed by atoms with E-state index in [1.54, 1.807) is 0 Å². The van der Waals surface area contributed by atoms with E-state index in [0.717, 1.165) is 6.42 Å². The molecule has 15 heavy (non-hydrogen) atoms. The molecule has 0 aliphatic carbocycles. The summed E-state index contributed by atoms with van der Waals surface area (Å²) in [6.07, 6.45) is 1.14. The lowest BCUT2D eigenvalue weighted by Crippen LogP contribution is -2.15. The van der Waals surface area contributed by atoms with E-state index in [-0.39, 0.29) is 5.41 Å². The fourth-order valence-corrected chi connectivity index (χ4v) is 1.70. The molecular formula is C15H17. The highest BCUT2D eigenvalue weighted by atomic mass is 14.2. The summed E-state index contributed by atoms with van der Waals surface area (Å²) >= 11 is 0. The second kappa shape index (κ2) is 3.69. The van der Waals surface area contributed by atoms with Crippen LogP contribution in [-0.4, -0.2) is 0 Å². The predicted octanol–water partition coefficient (Wildman–Crippen LogP) is 4.33. The molecule has 0 heteroatoms. The first-order chi connectivity index (χ1) is 7.13. The number of rotatable bonds is 2. The minimum Gasteiger partial charge on any atom is -0.0646 e. The molecule has 0 heterocycles. The van der Waals surface area contributed by atoms with E-state index >= 15 is 0 Å².